The SMILES string of the molecule is COCC(Nc1nnnn1-c1ccccc1)C(=O)O. The lowest BCUT2D eigenvalue weighted by Crippen LogP contribution is -2.34. The van der Waals surface area contributed by atoms with Crippen LogP contribution in [-0.4, -0.2) is 51.0 Å². The number of nitrogens with one attached hydrogen (secondary N) is 1. The quantitative estimate of drug-likeness (QED) is 0.766. The van der Waals surface area contributed by atoms with Gasteiger partial charge >= 0.3 is 5.97 Å². The Bertz CT molecular complexity index is 542. The van der Waals surface area contributed by atoms with Crippen LogP contribution in [0, 0.1) is 0 Å². The number of carbonyl (C=O) groups is 1. The van der Waals surface area contributed by atoms with E-state index in [2.05, 4.69) is 20.8 Å². The first kappa shape index (κ1) is 13.0. The molecule has 1 aromatic carbocycles. The molecule has 0 amide bonds. The maximum atomic E-state index is 11.0. The van der Waals surface area contributed by atoms with Crippen molar-refractivity contribution in [1.29, 1.82) is 0 Å². The second-order valence-corrected chi connectivity index (χ2v) is 3.74. The van der Waals surface area contributed by atoms with Crippen LogP contribution in [0.15, 0.2) is 30.3 Å². The van der Waals surface area contributed by atoms with E-state index in [-0.39, 0.29) is 12.6 Å². The van der Waals surface area contributed by atoms with Gasteiger partial charge in [-0.15, -0.1) is 0 Å². The van der Waals surface area contributed by atoms with Crippen molar-refractivity contribution in [3.05, 3.63) is 30.3 Å². The topological polar surface area (TPSA) is 102 Å². The molecule has 2 N–H and O–H groups in total. The molecule has 0 aliphatic rings. The van der Waals surface area contributed by atoms with Crippen molar-refractivity contribution in [2.45, 2.75) is 6.04 Å². The Morgan fingerprint density at radius 2 is 2.21 bits per heavy atom. The number of anilines is 1. The number of rotatable bonds is 6. The number of hydrogen-bond donors (Lipinski definition) is 2. The fourth-order valence-corrected chi connectivity index (χ4v) is 1.52. The molecule has 1 aromatic heterocycles. The van der Waals surface area contributed by atoms with E-state index >= 15 is 0 Å². The zero-order valence-electron chi connectivity index (χ0n) is 10.2. The molecule has 0 bridgehead atoms. The van der Waals surface area contributed by atoms with Crippen LogP contribution < -0.4 is 5.32 Å². The summed E-state index contributed by atoms with van der Waals surface area (Å²) in [5, 5.41) is 22.9. The van der Waals surface area contributed by atoms with Crippen molar-refractivity contribution in [3.8, 4) is 5.69 Å². The Labute approximate surface area is 109 Å². The van der Waals surface area contributed by atoms with Gasteiger partial charge in [0.25, 0.3) is 0 Å². The molecule has 2 aromatic rings. The molecule has 100 valence electrons. The van der Waals surface area contributed by atoms with E-state index < -0.39 is 12.0 Å². The van der Waals surface area contributed by atoms with Gasteiger partial charge in [-0.2, -0.15) is 4.68 Å². The lowest BCUT2D eigenvalue weighted by molar-refractivity contribution is -0.139. The second-order valence-electron chi connectivity index (χ2n) is 3.74. The fourth-order valence-electron chi connectivity index (χ4n) is 1.52. The predicted molar refractivity (Wildman–Crippen MR) is 66.1 cm³/mol. The third-order valence-corrected chi connectivity index (χ3v) is 2.41. The number of tetrazole rings is 1. The van der Waals surface area contributed by atoms with E-state index in [1.54, 1.807) is 0 Å². The number of methoxy groups -OCH3 is 1. The molecule has 1 unspecified atom stereocenters. The zero-order chi connectivity index (χ0) is 13.7. The van der Waals surface area contributed by atoms with Crippen LogP contribution in [0.3, 0.4) is 0 Å². The summed E-state index contributed by atoms with van der Waals surface area (Å²) in [4.78, 5) is 11.0. The number of carboxylic acids is 1. The van der Waals surface area contributed by atoms with Crippen LogP contribution >= 0.6 is 0 Å². The maximum absolute atomic E-state index is 11.0. The molecule has 1 atom stereocenters. The van der Waals surface area contributed by atoms with Gasteiger partial charge in [0, 0.05) is 7.11 Å². The molecular formula is C11H13N5O3. The van der Waals surface area contributed by atoms with Gasteiger partial charge < -0.3 is 15.2 Å². The van der Waals surface area contributed by atoms with Gasteiger partial charge in [-0.05, 0) is 22.6 Å². The Morgan fingerprint density at radius 3 is 2.84 bits per heavy atom. The number of nitrogens with zero attached hydrogens (tertiary/aromatic N) is 4. The van der Waals surface area contributed by atoms with Crippen LogP contribution in [0.2, 0.25) is 0 Å². The minimum atomic E-state index is -1.04. The van der Waals surface area contributed by atoms with Gasteiger partial charge in [-0.25, -0.2) is 4.79 Å². The summed E-state index contributed by atoms with van der Waals surface area (Å²) in [5.41, 5.74) is 0.733. The van der Waals surface area contributed by atoms with Crippen molar-refractivity contribution < 1.29 is 14.6 Å². The van der Waals surface area contributed by atoms with Gasteiger partial charge in [0.05, 0.1) is 12.3 Å². The molecule has 0 saturated heterocycles. The van der Waals surface area contributed by atoms with Crippen LogP contribution in [0.1, 0.15) is 0 Å². The normalized spacial score (nSPS) is 12.1. The summed E-state index contributed by atoms with van der Waals surface area (Å²) in [6, 6.07) is 8.25. The van der Waals surface area contributed by atoms with Crippen LogP contribution in [0.4, 0.5) is 5.95 Å². The Kier molecular flexibility index (Phi) is 4.04. The number of carboxylic acid groups (broad SMARTS) is 1. The third-order valence-electron chi connectivity index (χ3n) is 2.41. The van der Waals surface area contributed by atoms with Crippen molar-refractivity contribution in [3.63, 3.8) is 0 Å². The van der Waals surface area contributed by atoms with E-state index in [9.17, 15) is 4.79 Å². The first-order valence-corrected chi connectivity index (χ1v) is 5.54. The van der Waals surface area contributed by atoms with E-state index in [4.69, 9.17) is 9.84 Å². The zero-order valence-corrected chi connectivity index (χ0v) is 10.2. The van der Waals surface area contributed by atoms with Gasteiger partial charge in [0.1, 0.15) is 0 Å². The van der Waals surface area contributed by atoms with E-state index in [1.165, 1.54) is 11.8 Å². The highest BCUT2D eigenvalue weighted by Gasteiger charge is 2.20. The third kappa shape index (κ3) is 3.05. The molecule has 0 fully saturated rings. The second kappa shape index (κ2) is 5.91. The van der Waals surface area contributed by atoms with E-state index in [0.29, 0.717) is 0 Å². The molecule has 0 aliphatic carbocycles. The lowest BCUT2D eigenvalue weighted by atomic mass is 10.3. The molecule has 0 spiro atoms. The van der Waals surface area contributed by atoms with Crippen molar-refractivity contribution in [2.24, 2.45) is 0 Å². The first-order valence-electron chi connectivity index (χ1n) is 5.54. The van der Waals surface area contributed by atoms with Gasteiger partial charge in [0.2, 0.25) is 5.95 Å². The summed E-state index contributed by atoms with van der Waals surface area (Å²) in [6.07, 6.45) is 0. The number of aliphatic carboxylic acids is 1. The molecule has 8 nitrogen and oxygen atoms in total. The molecular weight excluding hydrogens is 250 g/mol. The average molecular weight is 263 g/mol. The Morgan fingerprint density at radius 1 is 1.47 bits per heavy atom. The molecule has 0 aliphatic heterocycles. The number of benzene rings is 1. The molecule has 0 radical (unpaired) electrons. The molecule has 0 saturated carbocycles. The highest BCUT2D eigenvalue weighted by molar-refractivity contribution is 5.76. The summed E-state index contributed by atoms with van der Waals surface area (Å²) in [6.45, 7) is 0.0109. The highest BCUT2D eigenvalue weighted by Crippen LogP contribution is 2.11. The summed E-state index contributed by atoms with van der Waals surface area (Å²) < 4.78 is 6.26. The molecule has 2 rings (SSSR count). The minimum Gasteiger partial charge on any atom is -0.480 e. The van der Waals surface area contributed by atoms with Gasteiger partial charge in [-0.1, -0.05) is 23.3 Å². The molecule has 1 heterocycles. The van der Waals surface area contributed by atoms with E-state index in [0.717, 1.165) is 5.69 Å². The standard InChI is InChI=1S/C11H13N5O3/c1-19-7-9(10(17)18)12-11-13-14-15-16(11)8-5-3-2-4-6-8/h2-6,9H,7H2,1H3,(H,17,18)(H,12,13,15). The number of hydrogen-bond acceptors (Lipinski definition) is 6. The highest BCUT2D eigenvalue weighted by atomic mass is 16.5. The summed E-state index contributed by atoms with van der Waals surface area (Å²) >= 11 is 0. The molecule has 19 heavy (non-hydrogen) atoms. The summed E-state index contributed by atoms with van der Waals surface area (Å²) in [7, 11) is 1.43. The van der Waals surface area contributed by atoms with Gasteiger partial charge in [-0.3, -0.25) is 0 Å². The Hall–Kier alpha value is -2.48. The average Bonchev–Trinajstić information content (AvgIpc) is 2.87. The van der Waals surface area contributed by atoms with Crippen LogP contribution in [0.5, 0.6) is 0 Å². The van der Waals surface area contributed by atoms with Crippen LogP contribution in [-0.2, 0) is 9.53 Å². The summed E-state index contributed by atoms with van der Waals surface area (Å²) in [5.74, 6) is -0.792. The Balaban J connectivity index is 2.22. The minimum absolute atomic E-state index is 0.0109. The number of para-hydroxylation sites is 1. The van der Waals surface area contributed by atoms with Crippen molar-refractivity contribution in [1.82, 2.24) is 20.2 Å². The van der Waals surface area contributed by atoms with Gasteiger partial charge in [0.15, 0.2) is 6.04 Å². The predicted octanol–water partition coefficient (Wildman–Crippen LogP) is 0.174. The molecule has 8 heteroatoms. The lowest BCUT2D eigenvalue weighted by Gasteiger charge is -2.13. The number of aromatic nitrogens is 4. The number of ether oxygens (including phenoxy) is 1. The van der Waals surface area contributed by atoms with Crippen molar-refractivity contribution in [2.75, 3.05) is 19.0 Å². The monoisotopic (exact) mass is 263 g/mol. The van der Waals surface area contributed by atoms with Crippen LogP contribution in [0.25, 0.3) is 5.69 Å². The largest absolute Gasteiger partial charge is 0.480 e. The fraction of sp³-hybridized carbons (Fsp3) is 0.273. The smallest absolute Gasteiger partial charge is 0.328 e. The first-order chi connectivity index (χ1) is 9.22. The van der Waals surface area contributed by atoms with E-state index in [1.807, 2.05) is 30.3 Å². The van der Waals surface area contributed by atoms with Crippen molar-refractivity contribution >= 4 is 11.9 Å². The maximum Gasteiger partial charge on any atom is 0.328 e.